The molecule has 1 atom stereocenters. The fourth-order valence-corrected chi connectivity index (χ4v) is 3.58. The van der Waals surface area contributed by atoms with E-state index in [0.717, 1.165) is 23.1 Å². The van der Waals surface area contributed by atoms with Crippen molar-refractivity contribution in [1.29, 1.82) is 5.26 Å². The molecule has 0 radical (unpaired) electrons. The molecule has 2 aromatic carbocycles. The molecule has 0 spiro atoms. The number of nitro groups is 1. The van der Waals surface area contributed by atoms with Gasteiger partial charge in [0.05, 0.1) is 10.5 Å². The minimum atomic E-state index is -0.904. The Morgan fingerprint density at radius 1 is 1.19 bits per heavy atom. The number of nitro benzene ring substituents is 1. The van der Waals surface area contributed by atoms with E-state index in [2.05, 4.69) is 6.07 Å². The number of non-ortho nitro benzene ring substituents is 1. The molecule has 0 fully saturated rings. The molecule has 0 saturated carbocycles. The van der Waals surface area contributed by atoms with Crippen LogP contribution in [0.25, 0.3) is 11.3 Å². The second kappa shape index (κ2) is 6.14. The lowest BCUT2D eigenvalue weighted by Crippen LogP contribution is -2.31. The molecule has 2 aliphatic rings. The lowest BCUT2D eigenvalue weighted by atomic mass is 9.81. The van der Waals surface area contributed by atoms with Gasteiger partial charge in [-0.2, -0.15) is 5.26 Å². The molecule has 6 heteroatoms. The zero-order chi connectivity index (χ0) is 18.3. The fourth-order valence-electron chi connectivity index (χ4n) is 3.58. The number of rotatable bonds is 2. The van der Waals surface area contributed by atoms with E-state index in [0.29, 0.717) is 28.9 Å². The first-order valence-corrected chi connectivity index (χ1v) is 8.23. The monoisotopic (exact) mass is 345 g/mol. The average molecular weight is 345 g/mol. The third-order valence-corrected chi connectivity index (χ3v) is 4.75. The first kappa shape index (κ1) is 16.1. The van der Waals surface area contributed by atoms with Crippen LogP contribution in [-0.2, 0) is 11.2 Å². The number of hydrogen-bond acceptors (Lipinski definition) is 5. The Morgan fingerprint density at radius 2 is 2.00 bits per heavy atom. The zero-order valence-electron chi connectivity index (χ0n) is 13.8. The normalized spacial score (nSPS) is 18.5. The van der Waals surface area contributed by atoms with E-state index in [1.807, 2.05) is 24.3 Å². The van der Waals surface area contributed by atoms with E-state index in [4.69, 9.17) is 10.5 Å². The van der Waals surface area contributed by atoms with Gasteiger partial charge in [-0.05, 0) is 24.0 Å². The van der Waals surface area contributed by atoms with Crippen LogP contribution >= 0.6 is 0 Å². The summed E-state index contributed by atoms with van der Waals surface area (Å²) in [5.74, 6) is 0.667. The van der Waals surface area contributed by atoms with Crippen molar-refractivity contribution in [3.63, 3.8) is 0 Å². The molecule has 128 valence electrons. The molecule has 6 nitrogen and oxygen atoms in total. The van der Waals surface area contributed by atoms with E-state index in [-0.39, 0.29) is 5.69 Å². The lowest BCUT2D eigenvalue weighted by Gasteiger charge is -2.32. The van der Waals surface area contributed by atoms with Crippen LogP contribution in [0.3, 0.4) is 0 Å². The molecule has 1 unspecified atom stereocenters. The smallest absolute Gasteiger partial charge is 0.270 e. The van der Waals surface area contributed by atoms with Crippen molar-refractivity contribution in [2.24, 2.45) is 5.73 Å². The van der Waals surface area contributed by atoms with Gasteiger partial charge >= 0.3 is 0 Å². The van der Waals surface area contributed by atoms with Crippen LogP contribution in [-0.4, -0.2) is 11.2 Å². The van der Waals surface area contributed by atoms with Crippen LogP contribution < -0.4 is 5.73 Å². The highest BCUT2D eigenvalue weighted by molar-refractivity contribution is 5.94. The van der Waals surface area contributed by atoms with Gasteiger partial charge in [0.25, 0.3) is 5.69 Å². The van der Waals surface area contributed by atoms with Crippen LogP contribution in [0.5, 0.6) is 0 Å². The standard InChI is InChI=1S/C20H15N3O3/c21-11-17-18(13-5-3-6-14(10-13)23(24)25)16-9-8-12-4-1-2-7-15(12)19(16)26-20(17)22/h1-7,10,20H,8-9,22H2. The van der Waals surface area contributed by atoms with Crippen molar-refractivity contribution in [2.45, 2.75) is 19.1 Å². The maximum atomic E-state index is 11.2. The molecule has 4 rings (SSSR count). The summed E-state index contributed by atoms with van der Waals surface area (Å²) in [6.07, 6.45) is 0.590. The van der Waals surface area contributed by atoms with Crippen LogP contribution in [0.1, 0.15) is 23.1 Å². The van der Waals surface area contributed by atoms with Gasteiger partial charge in [-0.25, -0.2) is 0 Å². The van der Waals surface area contributed by atoms with Crippen molar-refractivity contribution in [3.05, 3.63) is 86.5 Å². The maximum absolute atomic E-state index is 11.2. The fraction of sp³-hybridized carbons (Fsp3) is 0.150. The van der Waals surface area contributed by atoms with Crippen molar-refractivity contribution >= 4 is 17.0 Å². The summed E-state index contributed by atoms with van der Waals surface area (Å²) in [7, 11) is 0. The number of aryl methyl sites for hydroxylation is 1. The van der Waals surface area contributed by atoms with E-state index in [1.54, 1.807) is 12.1 Å². The SMILES string of the molecule is N#CC1=C(c2cccc([N+](=O)[O-])c2)C2=C(OC1N)c1ccccc1CC2. The van der Waals surface area contributed by atoms with Gasteiger partial charge in [-0.1, -0.05) is 36.4 Å². The lowest BCUT2D eigenvalue weighted by molar-refractivity contribution is -0.384. The molecular formula is C20H15N3O3. The molecule has 1 aliphatic heterocycles. The summed E-state index contributed by atoms with van der Waals surface area (Å²) in [6.45, 7) is 0. The number of nitriles is 1. The number of allylic oxidation sites excluding steroid dienone is 2. The number of benzene rings is 2. The minimum absolute atomic E-state index is 0.0225. The van der Waals surface area contributed by atoms with E-state index in [1.165, 1.54) is 12.1 Å². The topological polar surface area (TPSA) is 102 Å². The van der Waals surface area contributed by atoms with Gasteiger partial charge in [0.1, 0.15) is 11.8 Å². The van der Waals surface area contributed by atoms with Crippen molar-refractivity contribution in [1.82, 2.24) is 0 Å². The van der Waals surface area contributed by atoms with Gasteiger partial charge in [-0.15, -0.1) is 0 Å². The number of nitrogens with two attached hydrogens (primary N) is 1. The summed E-state index contributed by atoms with van der Waals surface area (Å²) in [6, 6.07) is 16.4. The Morgan fingerprint density at radius 3 is 2.77 bits per heavy atom. The summed E-state index contributed by atoms with van der Waals surface area (Å²) in [5.41, 5.74) is 10.6. The van der Waals surface area contributed by atoms with Crippen LogP contribution in [0.4, 0.5) is 5.69 Å². The Kier molecular flexibility index (Phi) is 3.79. The molecule has 26 heavy (non-hydrogen) atoms. The molecule has 0 saturated heterocycles. The first-order valence-electron chi connectivity index (χ1n) is 8.23. The van der Waals surface area contributed by atoms with Gasteiger partial charge in [0.15, 0.2) is 6.23 Å². The van der Waals surface area contributed by atoms with Crippen molar-refractivity contribution in [2.75, 3.05) is 0 Å². The van der Waals surface area contributed by atoms with Gasteiger partial charge in [-0.3, -0.25) is 15.8 Å². The highest BCUT2D eigenvalue weighted by atomic mass is 16.6. The maximum Gasteiger partial charge on any atom is 0.270 e. The van der Waals surface area contributed by atoms with Crippen LogP contribution in [0.15, 0.2) is 59.7 Å². The molecule has 2 aromatic rings. The molecular weight excluding hydrogens is 330 g/mol. The van der Waals surface area contributed by atoms with Crippen LogP contribution in [0, 0.1) is 21.4 Å². The van der Waals surface area contributed by atoms with E-state index < -0.39 is 11.2 Å². The Labute approximate surface area is 150 Å². The Hall–Kier alpha value is -3.43. The summed E-state index contributed by atoms with van der Waals surface area (Å²) in [5, 5.41) is 20.8. The van der Waals surface area contributed by atoms with Crippen LogP contribution in [0.2, 0.25) is 0 Å². The predicted octanol–water partition coefficient (Wildman–Crippen LogP) is 3.54. The summed E-state index contributed by atoms with van der Waals surface area (Å²) < 4.78 is 5.89. The third-order valence-electron chi connectivity index (χ3n) is 4.75. The van der Waals surface area contributed by atoms with Crippen molar-refractivity contribution < 1.29 is 9.66 Å². The third kappa shape index (κ3) is 2.46. The summed E-state index contributed by atoms with van der Waals surface area (Å²) in [4.78, 5) is 10.7. The number of hydrogen-bond donors (Lipinski definition) is 1. The highest BCUT2D eigenvalue weighted by Gasteiger charge is 2.33. The van der Waals surface area contributed by atoms with Gasteiger partial charge < -0.3 is 4.74 Å². The van der Waals surface area contributed by atoms with Gasteiger partial charge in [0.2, 0.25) is 0 Å². The number of ether oxygens (including phenoxy) is 1. The Bertz CT molecular complexity index is 1030. The second-order valence-corrected chi connectivity index (χ2v) is 6.21. The first-order chi connectivity index (χ1) is 12.6. The zero-order valence-corrected chi connectivity index (χ0v) is 13.8. The predicted molar refractivity (Wildman–Crippen MR) is 96.4 cm³/mol. The quantitative estimate of drug-likeness (QED) is 0.662. The second-order valence-electron chi connectivity index (χ2n) is 6.21. The molecule has 1 aliphatic carbocycles. The molecule has 1 heterocycles. The number of fused-ring (bicyclic) bond motifs is 2. The largest absolute Gasteiger partial charge is 0.470 e. The average Bonchev–Trinajstić information content (AvgIpc) is 2.67. The minimum Gasteiger partial charge on any atom is -0.470 e. The number of nitrogens with zero attached hydrogens (tertiary/aromatic N) is 2. The van der Waals surface area contributed by atoms with Gasteiger partial charge in [0, 0.05) is 28.8 Å². The Balaban J connectivity index is 1.96. The summed E-state index contributed by atoms with van der Waals surface area (Å²) >= 11 is 0. The molecule has 2 N–H and O–H groups in total. The molecule has 0 bridgehead atoms. The molecule has 0 amide bonds. The van der Waals surface area contributed by atoms with E-state index in [9.17, 15) is 15.4 Å². The molecule has 0 aromatic heterocycles. The van der Waals surface area contributed by atoms with Crippen molar-refractivity contribution in [3.8, 4) is 6.07 Å². The highest BCUT2D eigenvalue weighted by Crippen LogP contribution is 2.44. The van der Waals surface area contributed by atoms with E-state index >= 15 is 0 Å².